The van der Waals surface area contributed by atoms with Crippen LogP contribution in [0, 0.1) is 5.82 Å². The zero-order valence-electron chi connectivity index (χ0n) is 15.2. The number of hydrogen-bond donors (Lipinski definition) is 1. The Hall–Kier alpha value is -2.93. The average molecular weight is 386 g/mol. The minimum Gasteiger partial charge on any atom is -0.448 e. The number of nitrogens with one attached hydrogen (secondary N) is 1. The van der Waals surface area contributed by atoms with Crippen LogP contribution in [0.15, 0.2) is 48.5 Å². The van der Waals surface area contributed by atoms with Crippen LogP contribution in [0.4, 0.5) is 15.8 Å². The molecular weight excluding hydrogens is 367 g/mol. The summed E-state index contributed by atoms with van der Waals surface area (Å²) in [7, 11) is 3.86. The quantitative estimate of drug-likeness (QED) is 0.665. The number of benzene rings is 2. The summed E-state index contributed by atoms with van der Waals surface area (Å²) >= 11 is 1.13. The summed E-state index contributed by atoms with van der Waals surface area (Å²) in [5.41, 5.74) is 1.62. The molecule has 3 aromatic rings. The first-order valence-corrected chi connectivity index (χ1v) is 9.13. The molecule has 0 fully saturated rings. The molecule has 0 spiro atoms. The molecule has 0 aliphatic carbocycles. The Balaban J connectivity index is 1.63. The molecule has 0 radical (unpaired) electrons. The predicted octanol–water partition coefficient (Wildman–Crippen LogP) is 4.29. The van der Waals surface area contributed by atoms with Gasteiger partial charge in [-0.15, -0.1) is 11.3 Å². The van der Waals surface area contributed by atoms with Crippen LogP contribution < -0.4 is 10.2 Å². The van der Waals surface area contributed by atoms with Crippen molar-refractivity contribution >= 4 is 44.7 Å². The van der Waals surface area contributed by atoms with Crippen LogP contribution in [0.5, 0.6) is 0 Å². The average Bonchev–Trinajstić information content (AvgIpc) is 3.05. The van der Waals surface area contributed by atoms with Crippen LogP contribution in [-0.4, -0.2) is 32.1 Å². The van der Waals surface area contributed by atoms with E-state index in [2.05, 4.69) is 5.32 Å². The lowest BCUT2D eigenvalue weighted by atomic mass is 10.2. The molecule has 3 rings (SSSR count). The number of carbonyl (C=O) groups is 2. The fourth-order valence-corrected chi connectivity index (χ4v) is 3.44. The van der Waals surface area contributed by atoms with Crippen LogP contribution in [0.2, 0.25) is 0 Å². The maximum Gasteiger partial charge on any atom is 0.349 e. The molecule has 0 aliphatic heterocycles. The van der Waals surface area contributed by atoms with E-state index in [9.17, 15) is 14.0 Å². The van der Waals surface area contributed by atoms with Crippen LogP contribution in [0.3, 0.4) is 0 Å². The van der Waals surface area contributed by atoms with Gasteiger partial charge in [-0.3, -0.25) is 4.79 Å². The molecule has 1 heterocycles. The van der Waals surface area contributed by atoms with Gasteiger partial charge in [-0.1, -0.05) is 6.07 Å². The normalized spacial score (nSPS) is 11.9. The van der Waals surface area contributed by atoms with Gasteiger partial charge in [0, 0.05) is 30.2 Å². The lowest BCUT2D eigenvalue weighted by Crippen LogP contribution is -2.29. The first-order chi connectivity index (χ1) is 12.8. The molecule has 2 aromatic carbocycles. The number of thiophene rings is 1. The highest BCUT2D eigenvalue weighted by atomic mass is 32.1. The minimum absolute atomic E-state index is 0.325. The number of hydrogen-bond acceptors (Lipinski definition) is 5. The number of nitrogens with zero attached hydrogens (tertiary/aromatic N) is 1. The van der Waals surface area contributed by atoms with Crippen molar-refractivity contribution in [1.82, 2.24) is 0 Å². The van der Waals surface area contributed by atoms with E-state index < -0.39 is 18.0 Å². The molecule has 1 N–H and O–H groups in total. The van der Waals surface area contributed by atoms with Crippen molar-refractivity contribution in [3.8, 4) is 0 Å². The summed E-state index contributed by atoms with van der Waals surface area (Å²) in [5.74, 6) is -1.40. The molecule has 27 heavy (non-hydrogen) atoms. The van der Waals surface area contributed by atoms with Crippen molar-refractivity contribution < 1.29 is 18.7 Å². The third-order valence-corrected chi connectivity index (χ3v) is 5.07. The molecule has 0 unspecified atom stereocenters. The Morgan fingerprint density at radius 3 is 2.48 bits per heavy atom. The number of fused-ring (bicyclic) bond motifs is 1. The van der Waals surface area contributed by atoms with Gasteiger partial charge in [0.05, 0.1) is 0 Å². The summed E-state index contributed by atoms with van der Waals surface area (Å²) in [4.78, 5) is 26.8. The van der Waals surface area contributed by atoms with Gasteiger partial charge in [0.2, 0.25) is 0 Å². The van der Waals surface area contributed by atoms with E-state index in [1.807, 2.05) is 31.1 Å². The molecule has 5 nitrogen and oxygen atoms in total. The predicted molar refractivity (Wildman–Crippen MR) is 106 cm³/mol. The van der Waals surface area contributed by atoms with E-state index in [4.69, 9.17) is 4.74 Å². The molecule has 1 amide bonds. The Morgan fingerprint density at radius 2 is 1.81 bits per heavy atom. The second-order valence-electron chi connectivity index (χ2n) is 6.27. The van der Waals surface area contributed by atoms with Crippen molar-refractivity contribution in [3.63, 3.8) is 0 Å². The standard InChI is InChI=1S/C20H19FN2O3S/c1-12(19(24)22-15-6-8-16(9-7-15)23(2)3)26-20(25)18-10-13-4-5-14(21)11-17(13)27-18/h4-12H,1-3H3,(H,22,24)/t12-/m1/s1. The monoisotopic (exact) mass is 386 g/mol. The first-order valence-electron chi connectivity index (χ1n) is 8.32. The molecule has 1 atom stereocenters. The molecule has 0 aliphatic rings. The Bertz CT molecular complexity index is 983. The number of anilines is 2. The molecule has 0 bridgehead atoms. The van der Waals surface area contributed by atoms with Crippen LogP contribution in [-0.2, 0) is 9.53 Å². The molecule has 1 aromatic heterocycles. The van der Waals surface area contributed by atoms with Crippen molar-refractivity contribution in [3.05, 3.63) is 59.2 Å². The van der Waals surface area contributed by atoms with Crippen LogP contribution in [0.1, 0.15) is 16.6 Å². The zero-order valence-corrected chi connectivity index (χ0v) is 16.0. The van der Waals surface area contributed by atoms with Crippen LogP contribution in [0.25, 0.3) is 10.1 Å². The van der Waals surface area contributed by atoms with Gasteiger partial charge in [0.15, 0.2) is 6.10 Å². The van der Waals surface area contributed by atoms with E-state index in [1.165, 1.54) is 19.1 Å². The van der Waals surface area contributed by atoms with Gasteiger partial charge in [-0.2, -0.15) is 0 Å². The molecule has 0 saturated carbocycles. The summed E-state index contributed by atoms with van der Waals surface area (Å²) in [6, 6.07) is 13.2. The largest absolute Gasteiger partial charge is 0.448 e. The first kappa shape index (κ1) is 18.8. The van der Waals surface area contributed by atoms with Gasteiger partial charge >= 0.3 is 5.97 Å². The maximum atomic E-state index is 13.3. The molecule has 0 saturated heterocycles. The fourth-order valence-electron chi connectivity index (χ4n) is 2.46. The Labute approximate surface area is 160 Å². The highest BCUT2D eigenvalue weighted by Crippen LogP contribution is 2.27. The topological polar surface area (TPSA) is 58.6 Å². The minimum atomic E-state index is -0.965. The number of amides is 1. The fraction of sp³-hybridized carbons (Fsp3) is 0.200. The van der Waals surface area contributed by atoms with Gasteiger partial charge in [0.1, 0.15) is 10.7 Å². The summed E-state index contributed by atoms with van der Waals surface area (Å²) in [5, 5.41) is 3.47. The molecular formula is C20H19FN2O3S. The highest BCUT2D eigenvalue weighted by Gasteiger charge is 2.20. The van der Waals surface area contributed by atoms with Crippen molar-refractivity contribution in [2.24, 2.45) is 0 Å². The summed E-state index contributed by atoms with van der Waals surface area (Å²) in [6.45, 7) is 1.51. The van der Waals surface area contributed by atoms with Gasteiger partial charge < -0.3 is 15.0 Å². The SMILES string of the molecule is C[C@@H](OC(=O)c1cc2ccc(F)cc2s1)C(=O)Nc1ccc(N(C)C)cc1. The van der Waals surface area contributed by atoms with Gasteiger partial charge in [0.25, 0.3) is 5.91 Å². The van der Waals surface area contributed by atoms with Gasteiger partial charge in [-0.25, -0.2) is 9.18 Å². The third kappa shape index (κ3) is 4.43. The number of halogens is 1. The maximum absolute atomic E-state index is 13.3. The molecule has 7 heteroatoms. The summed E-state index contributed by atoms with van der Waals surface area (Å²) < 4.78 is 19.2. The zero-order chi connectivity index (χ0) is 19.6. The smallest absolute Gasteiger partial charge is 0.349 e. The van der Waals surface area contributed by atoms with E-state index in [0.717, 1.165) is 22.4 Å². The van der Waals surface area contributed by atoms with E-state index >= 15 is 0 Å². The van der Waals surface area contributed by atoms with E-state index in [0.29, 0.717) is 15.3 Å². The molecule has 140 valence electrons. The van der Waals surface area contributed by atoms with Gasteiger partial charge in [-0.05, 0) is 54.8 Å². The lowest BCUT2D eigenvalue weighted by Gasteiger charge is -2.15. The number of carbonyl (C=O) groups excluding carboxylic acids is 2. The second kappa shape index (κ2) is 7.75. The highest BCUT2D eigenvalue weighted by molar-refractivity contribution is 7.20. The number of rotatable bonds is 5. The Kier molecular flexibility index (Phi) is 5.41. The van der Waals surface area contributed by atoms with Crippen molar-refractivity contribution in [2.45, 2.75) is 13.0 Å². The van der Waals surface area contributed by atoms with Crippen LogP contribution >= 0.6 is 11.3 Å². The van der Waals surface area contributed by atoms with Crippen molar-refractivity contribution in [2.75, 3.05) is 24.3 Å². The third-order valence-electron chi connectivity index (χ3n) is 3.99. The van der Waals surface area contributed by atoms with E-state index in [1.54, 1.807) is 24.3 Å². The van der Waals surface area contributed by atoms with E-state index in [-0.39, 0.29) is 5.82 Å². The lowest BCUT2D eigenvalue weighted by molar-refractivity contribution is -0.123. The second-order valence-corrected chi connectivity index (χ2v) is 7.35. The number of ether oxygens (including phenoxy) is 1. The summed E-state index contributed by atoms with van der Waals surface area (Å²) in [6.07, 6.45) is -0.965. The van der Waals surface area contributed by atoms with Crippen molar-refractivity contribution in [1.29, 1.82) is 0 Å². The number of esters is 1. The Morgan fingerprint density at radius 1 is 1.11 bits per heavy atom.